The molecule has 2 aromatic heterocycles. The quantitative estimate of drug-likeness (QED) is 0.162. The molecule has 4 nitrogen and oxygen atoms in total. The molecule has 0 fully saturated rings. The van der Waals surface area contributed by atoms with E-state index in [9.17, 15) is 10.2 Å². The summed E-state index contributed by atoms with van der Waals surface area (Å²) < 4.78 is 0. The van der Waals surface area contributed by atoms with Gasteiger partial charge in [-0.05, 0) is 77.9 Å². The summed E-state index contributed by atoms with van der Waals surface area (Å²) in [6.07, 6.45) is 0. The van der Waals surface area contributed by atoms with Gasteiger partial charge in [0.25, 0.3) is 0 Å². The molecule has 0 aliphatic carbocycles. The van der Waals surface area contributed by atoms with Gasteiger partial charge in [0, 0.05) is 33.0 Å². The Morgan fingerprint density at radius 3 is 1.11 bits per heavy atom. The molecule has 0 N–H and O–H groups in total. The predicted octanol–water partition coefficient (Wildman–Crippen LogP) is 10.8. The summed E-state index contributed by atoms with van der Waals surface area (Å²) in [5, 5.41) is 35.0. The molecule has 8 aromatic carbocycles. The zero-order valence-electron chi connectivity index (χ0n) is 36.8. The summed E-state index contributed by atoms with van der Waals surface area (Å²) in [7, 11) is 0. The molecule has 0 saturated heterocycles. The number of nitrogens with zero attached hydrogens (tertiary/aromatic N) is 2. The second kappa shape index (κ2) is 16.9. The Bertz CT molecular complexity index is 3160. The maximum absolute atomic E-state index is 14.6. The summed E-state index contributed by atoms with van der Waals surface area (Å²) in [5.41, 5.74) is 10.8. The van der Waals surface area contributed by atoms with Crippen molar-refractivity contribution in [2.75, 3.05) is 0 Å². The minimum atomic E-state index is -0.398. The van der Waals surface area contributed by atoms with E-state index in [0.29, 0.717) is 22.4 Å². The predicted molar refractivity (Wildman–Crippen MR) is 261 cm³/mol. The summed E-state index contributed by atoms with van der Waals surface area (Å²) >= 11 is 0. The molecule has 0 aliphatic rings. The second-order valence-corrected chi connectivity index (χ2v) is 18.4. The van der Waals surface area contributed by atoms with Gasteiger partial charge < -0.3 is 22.6 Å². The van der Waals surface area contributed by atoms with E-state index < -0.39 is 10.8 Å². The Morgan fingerprint density at radius 2 is 0.734 bits per heavy atom. The van der Waals surface area contributed by atoms with Crippen LogP contribution in [0.1, 0.15) is 52.7 Å². The second-order valence-electron chi connectivity index (χ2n) is 18.4. The van der Waals surface area contributed by atoms with Crippen LogP contribution in [0.4, 0.5) is 0 Å². The van der Waals surface area contributed by atoms with Crippen LogP contribution >= 0.6 is 0 Å². The van der Waals surface area contributed by atoms with Crippen LogP contribution in [-0.2, 0) is 10.8 Å². The van der Waals surface area contributed by atoms with Crippen molar-refractivity contribution in [3.05, 3.63) is 181 Å². The van der Waals surface area contributed by atoms with Gasteiger partial charge in [-0.3, -0.25) is 0 Å². The van der Waals surface area contributed by atoms with Crippen molar-refractivity contribution in [2.24, 2.45) is 0 Å². The topological polar surface area (TPSA) is 71.9 Å². The zero-order chi connectivity index (χ0) is 42.9. The van der Waals surface area contributed by atoms with Crippen molar-refractivity contribution in [1.82, 2.24) is 9.97 Å². The molecule has 0 aliphatic heterocycles. The van der Waals surface area contributed by atoms with Gasteiger partial charge in [0.1, 0.15) is 0 Å². The third-order valence-electron chi connectivity index (χ3n) is 12.3. The van der Waals surface area contributed by atoms with E-state index >= 15 is 0 Å². The van der Waals surface area contributed by atoms with E-state index in [0.717, 1.165) is 88.0 Å². The molecule has 10 rings (SSSR count). The first kappa shape index (κ1) is 44.1. The number of halogens is 1. The number of hydrogen-bond donors (Lipinski definition) is 0. The Hall–Kier alpha value is -6.48. The molecule has 64 heavy (non-hydrogen) atoms. The van der Waals surface area contributed by atoms with Gasteiger partial charge in [-0.15, -0.1) is 0 Å². The van der Waals surface area contributed by atoms with Crippen LogP contribution in [0.25, 0.3) is 99.2 Å². The largest absolute Gasteiger partial charge is 3.00 e. The monoisotopic (exact) mass is 864 g/mol. The van der Waals surface area contributed by atoms with Crippen LogP contribution in [0, 0.1) is 0 Å². The molecule has 0 bridgehead atoms. The molecular weight excluding hydrogens is 819 g/mol. The summed E-state index contributed by atoms with van der Waals surface area (Å²) in [5.74, 6) is -0.110. The average Bonchev–Trinajstić information content (AvgIpc) is 3.28. The standard InChI is InChI=1S/C58H48N2O2.Al.ClH/c1-57(2,3)47-33-45(35-17-9-7-10-18-35)41-29-31-49(59-53(41)55(47)61)43-27-25-37-21-13-15-23-39(37)51(43)52-40-24-16-14-22-38(40)26-28-44(52)50-32-30-42-46(36-19-11-8-12-20-36)34-48(58(4,5)6)56(62)54(42)60-50;;/h7-34,61-62H,1-6H3;;1H/q;+3;/p-3. The van der Waals surface area contributed by atoms with Crippen molar-refractivity contribution < 1.29 is 22.6 Å². The fourth-order valence-corrected chi connectivity index (χ4v) is 9.17. The number of rotatable bonds is 5. The summed E-state index contributed by atoms with van der Waals surface area (Å²) in [4.78, 5) is 10.7. The molecule has 6 heteroatoms. The van der Waals surface area contributed by atoms with Gasteiger partial charge >= 0.3 is 17.4 Å². The molecule has 2 heterocycles. The number of hydrogen-bond acceptors (Lipinski definition) is 4. The normalized spacial score (nSPS) is 11.8. The minimum absolute atomic E-state index is 0. The molecule has 0 unspecified atom stereocenters. The third kappa shape index (κ3) is 7.58. The van der Waals surface area contributed by atoms with E-state index in [4.69, 9.17) is 9.97 Å². The van der Waals surface area contributed by atoms with E-state index in [1.165, 1.54) is 0 Å². The Morgan fingerprint density at radius 1 is 0.375 bits per heavy atom. The van der Waals surface area contributed by atoms with E-state index in [-0.39, 0.29) is 41.3 Å². The van der Waals surface area contributed by atoms with Crippen LogP contribution in [-0.4, -0.2) is 27.3 Å². The van der Waals surface area contributed by atoms with E-state index in [1.54, 1.807) is 0 Å². The van der Waals surface area contributed by atoms with Gasteiger partial charge in [-0.2, -0.15) is 0 Å². The Kier molecular flexibility index (Phi) is 11.7. The summed E-state index contributed by atoms with van der Waals surface area (Å²) in [6, 6.07) is 58.3. The number of benzene rings is 8. The number of pyridine rings is 2. The number of fused-ring (bicyclic) bond motifs is 4. The van der Waals surface area contributed by atoms with Gasteiger partial charge in [0.05, 0.1) is 22.4 Å². The van der Waals surface area contributed by atoms with Crippen LogP contribution in [0.2, 0.25) is 0 Å². The maximum Gasteiger partial charge on any atom is 3.00 e. The number of aromatic nitrogens is 2. The van der Waals surface area contributed by atoms with Crippen LogP contribution < -0.4 is 22.6 Å². The average molecular weight is 865 g/mol. The molecule has 0 radical (unpaired) electrons. The van der Waals surface area contributed by atoms with Crippen molar-refractivity contribution >= 4 is 60.7 Å². The first-order valence-electron chi connectivity index (χ1n) is 21.3. The fraction of sp³-hybridized carbons (Fsp3) is 0.138. The van der Waals surface area contributed by atoms with Gasteiger partial charge in [-0.1, -0.05) is 211 Å². The SMILES string of the molecule is CC(C)(C)c1cc(-c2ccccc2)c2ccc(-c3ccc4ccccc4c3-c3c(-c4ccc5c(-c6ccccc6)cc(C(C)(C)C)c([O-])c5n4)ccc4ccccc34)nc2c1[O-].[Al+3].[Cl-]. The van der Waals surface area contributed by atoms with Crippen molar-refractivity contribution in [2.45, 2.75) is 52.4 Å². The molecular formula is C58H46AlClN2O2. The van der Waals surface area contributed by atoms with Crippen molar-refractivity contribution in [1.29, 1.82) is 0 Å². The Labute approximate surface area is 391 Å². The van der Waals surface area contributed by atoms with Crippen molar-refractivity contribution in [3.63, 3.8) is 0 Å². The molecule has 0 saturated carbocycles. The molecule has 10 aromatic rings. The fourth-order valence-electron chi connectivity index (χ4n) is 9.17. The van der Waals surface area contributed by atoms with E-state index in [1.807, 2.05) is 36.4 Å². The first-order valence-corrected chi connectivity index (χ1v) is 21.3. The molecule has 0 amide bonds. The first-order chi connectivity index (χ1) is 29.9. The molecule has 0 spiro atoms. The van der Waals surface area contributed by atoms with Gasteiger partial charge in [-0.25, -0.2) is 9.97 Å². The summed E-state index contributed by atoms with van der Waals surface area (Å²) in [6.45, 7) is 12.5. The van der Waals surface area contributed by atoms with Gasteiger partial charge in [0.15, 0.2) is 0 Å². The minimum Gasteiger partial charge on any atom is -1.00 e. The van der Waals surface area contributed by atoms with Crippen LogP contribution in [0.5, 0.6) is 11.5 Å². The third-order valence-corrected chi connectivity index (χ3v) is 12.3. The smallest absolute Gasteiger partial charge is 1.00 e. The molecule has 310 valence electrons. The Balaban J connectivity index is 0.00000280. The van der Waals surface area contributed by atoms with Crippen molar-refractivity contribution in [3.8, 4) is 67.4 Å². The van der Waals surface area contributed by atoms with E-state index in [2.05, 4.69) is 175 Å². The van der Waals surface area contributed by atoms with Gasteiger partial charge in [0.2, 0.25) is 0 Å². The molecule has 0 atom stereocenters. The zero-order valence-corrected chi connectivity index (χ0v) is 38.7. The maximum atomic E-state index is 14.6. The van der Waals surface area contributed by atoms with Crippen LogP contribution in [0.3, 0.4) is 0 Å². The van der Waals surface area contributed by atoms with Crippen LogP contribution in [0.15, 0.2) is 170 Å².